The third-order valence-corrected chi connectivity index (χ3v) is 18.6. The van der Waals surface area contributed by atoms with Crippen molar-refractivity contribution in [3.05, 3.63) is 333 Å². The molecule has 0 bridgehead atoms. The van der Waals surface area contributed by atoms with Gasteiger partial charge in [-0.15, -0.1) is 0 Å². The van der Waals surface area contributed by atoms with Gasteiger partial charge in [0.1, 0.15) is 0 Å². The lowest BCUT2D eigenvalue weighted by Gasteiger charge is -2.27. The van der Waals surface area contributed by atoms with Crippen LogP contribution in [-0.2, 0) is 6.42 Å². The van der Waals surface area contributed by atoms with Gasteiger partial charge in [-0.1, -0.05) is 182 Å². The Labute approximate surface area is 521 Å². The minimum Gasteiger partial charge on any atom is -0.310 e. The van der Waals surface area contributed by atoms with Crippen LogP contribution in [0.4, 0.5) is 34.1 Å². The van der Waals surface area contributed by atoms with Gasteiger partial charge < -0.3 is 28.1 Å². The summed E-state index contributed by atoms with van der Waals surface area (Å²) in [5, 5.41) is 8.76. The van der Waals surface area contributed by atoms with E-state index in [0.29, 0.717) is 0 Å². The molecule has 0 saturated heterocycles. The van der Waals surface area contributed by atoms with Gasteiger partial charge >= 0.3 is 0 Å². The topological polar surface area (TPSA) is 26.2 Å². The molecular formula is C84H58N6. The lowest BCUT2D eigenvalue weighted by Crippen LogP contribution is -2.11. The van der Waals surface area contributed by atoms with Crippen molar-refractivity contribution >= 4 is 117 Å². The molecule has 4 aromatic heterocycles. The van der Waals surface area contributed by atoms with Crippen molar-refractivity contribution in [3.63, 3.8) is 0 Å². The number of hydrogen-bond donors (Lipinski definition) is 0. The van der Waals surface area contributed by atoms with Gasteiger partial charge in [0.05, 0.1) is 38.6 Å². The van der Waals surface area contributed by atoms with Gasteiger partial charge in [0.2, 0.25) is 0 Å². The molecule has 1 aliphatic rings. The fourth-order valence-corrected chi connectivity index (χ4v) is 14.7. The molecule has 0 amide bonds. The number of anilines is 6. The van der Waals surface area contributed by atoms with Gasteiger partial charge in [0, 0.05) is 100 Å². The van der Waals surface area contributed by atoms with Crippen molar-refractivity contribution in [1.82, 2.24) is 18.3 Å². The molecule has 6 heteroatoms. The van der Waals surface area contributed by atoms with E-state index in [1.54, 1.807) is 0 Å². The minimum atomic E-state index is 1.03. The van der Waals surface area contributed by atoms with Crippen LogP contribution < -0.4 is 9.80 Å². The highest BCUT2D eigenvalue weighted by Crippen LogP contribution is 2.44. The monoisotopic (exact) mass is 1150 g/mol. The highest BCUT2D eigenvalue weighted by molar-refractivity contribution is 6.11. The number of nitrogens with zero attached hydrogens (tertiary/aromatic N) is 6. The van der Waals surface area contributed by atoms with Crippen molar-refractivity contribution in [1.29, 1.82) is 0 Å². The number of fused-ring (bicyclic) bond motifs is 12. The van der Waals surface area contributed by atoms with Gasteiger partial charge in [0.15, 0.2) is 0 Å². The molecule has 0 atom stereocenters. The highest BCUT2D eigenvalue weighted by atomic mass is 15.2. The van der Waals surface area contributed by atoms with Crippen LogP contribution in [0.1, 0.15) is 17.7 Å². The Morgan fingerprint density at radius 3 is 0.833 bits per heavy atom. The van der Waals surface area contributed by atoms with Crippen LogP contribution in [-0.4, -0.2) is 18.3 Å². The third kappa shape index (κ3) is 8.26. The molecule has 0 spiro atoms. The predicted molar refractivity (Wildman–Crippen MR) is 378 cm³/mol. The maximum Gasteiger partial charge on any atom is 0.0541 e. The maximum absolute atomic E-state index is 2.45. The predicted octanol–water partition coefficient (Wildman–Crippen LogP) is 22.5. The molecule has 0 saturated carbocycles. The van der Waals surface area contributed by atoms with Crippen molar-refractivity contribution < 1.29 is 0 Å². The second-order valence-corrected chi connectivity index (χ2v) is 23.6. The van der Waals surface area contributed by atoms with Crippen molar-refractivity contribution in [3.8, 4) is 33.9 Å². The number of allylic oxidation sites excluding steroid dienone is 1. The minimum absolute atomic E-state index is 1.03. The van der Waals surface area contributed by atoms with Gasteiger partial charge in [-0.2, -0.15) is 0 Å². The lowest BCUT2D eigenvalue weighted by molar-refractivity contribution is 0.967. The lowest BCUT2D eigenvalue weighted by atomic mass is 10.0. The van der Waals surface area contributed by atoms with Crippen LogP contribution in [0, 0.1) is 0 Å². The van der Waals surface area contributed by atoms with Crippen LogP contribution in [0.15, 0.2) is 322 Å². The summed E-state index contributed by atoms with van der Waals surface area (Å²) in [6.45, 7) is 0. The summed E-state index contributed by atoms with van der Waals surface area (Å²) in [6.07, 6.45) is 6.72. The Hall–Kier alpha value is -11.9. The van der Waals surface area contributed by atoms with E-state index in [-0.39, 0.29) is 0 Å². The molecule has 18 rings (SSSR count). The molecule has 0 unspecified atom stereocenters. The standard InChI is InChI=1S/C84H58N6/c1-9-37-77-69(29-1)70-30-2-10-38-78(70)87(77)65-25-17-21-61(53-65)85(62-22-18-26-66(54-62)88-79-39-11-3-31-71(79)72-32-4-12-40-80(72)88)59-49-45-57(46-50-59)58-47-51-60(52-48-58)86(63-23-19-27-67(55-63)89-81-41-13-5-33-73(81)74-34-6-14-42-82(74)89)64-24-20-28-68(56-64)90-83-43-15-7-35-75(83)76-36-8-16-44-84(76)90/h1-7,9-35,37-56H,8,36H2. The number of benzene rings is 13. The molecule has 17 aromatic rings. The normalized spacial score (nSPS) is 12.3. The molecule has 0 N–H and O–H groups in total. The first-order valence-electron chi connectivity index (χ1n) is 31.1. The fraction of sp³-hybridized carbons (Fsp3) is 0.0238. The Kier molecular flexibility index (Phi) is 12.0. The second-order valence-electron chi connectivity index (χ2n) is 23.6. The molecule has 0 radical (unpaired) electrons. The maximum atomic E-state index is 2.45. The van der Waals surface area contributed by atoms with Crippen LogP contribution in [0.3, 0.4) is 0 Å². The van der Waals surface area contributed by atoms with E-state index < -0.39 is 0 Å². The first-order chi connectivity index (χ1) is 44.7. The Morgan fingerprint density at radius 1 is 0.233 bits per heavy atom. The zero-order valence-electron chi connectivity index (χ0n) is 49.3. The molecule has 0 fully saturated rings. The van der Waals surface area contributed by atoms with Gasteiger partial charge in [0.25, 0.3) is 0 Å². The molecule has 90 heavy (non-hydrogen) atoms. The second kappa shape index (κ2) is 20.9. The summed E-state index contributed by atoms with van der Waals surface area (Å²) >= 11 is 0. The van der Waals surface area contributed by atoms with E-state index in [9.17, 15) is 0 Å². The SMILES string of the molecule is C1=Cc2c(c3ccccc3n2-c2cccc(N(c3ccc(-c4ccc(N(c5cccc(-n6c7ccccc7c7ccccc76)c5)c5cccc(-n6c7ccccc7c7ccccc76)c5)cc4)cc3)c3cccc(-n4c5ccccc5c5ccccc54)c3)c2)CC1. The summed E-state index contributed by atoms with van der Waals surface area (Å²) in [7, 11) is 0. The van der Waals surface area contributed by atoms with E-state index >= 15 is 0 Å². The van der Waals surface area contributed by atoms with Crippen LogP contribution in [0.25, 0.3) is 116 Å². The summed E-state index contributed by atoms with van der Waals surface area (Å²) < 4.78 is 9.67. The van der Waals surface area contributed by atoms with Crippen molar-refractivity contribution in [2.24, 2.45) is 0 Å². The molecule has 13 aromatic carbocycles. The number of hydrogen-bond acceptors (Lipinski definition) is 2. The third-order valence-electron chi connectivity index (χ3n) is 18.6. The van der Waals surface area contributed by atoms with Gasteiger partial charge in [-0.25, -0.2) is 0 Å². The quantitative estimate of drug-likeness (QED) is 0.129. The zero-order chi connectivity index (χ0) is 59.2. The van der Waals surface area contributed by atoms with Crippen LogP contribution in [0.5, 0.6) is 0 Å². The Morgan fingerprint density at radius 2 is 0.511 bits per heavy atom. The smallest absolute Gasteiger partial charge is 0.0541 e. The van der Waals surface area contributed by atoms with Crippen molar-refractivity contribution in [2.75, 3.05) is 9.80 Å². The van der Waals surface area contributed by atoms with E-state index in [4.69, 9.17) is 0 Å². The molecule has 4 heterocycles. The van der Waals surface area contributed by atoms with Crippen molar-refractivity contribution in [2.45, 2.75) is 12.8 Å². The number of aromatic nitrogens is 4. The highest BCUT2D eigenvalue weighted by Gasteiger charge is 2.23. The van der Waals surface area contributed by atoms with Crippen LogP contribution >= 0.6 is 0 Å². The number of aryl methyl sites for hydroxylation is 1. The molecule has 424 valence electrons. The van der Waals surface area contributed by atoms with E-state index in [1.807, 2.05) is 0 Å². The largest absolute Gasteiger partial charge is 0.310 e. The summed E-state index contributed by atoms with van der Waals surface area (Å²) in [4.78, 5) is 4.82. The Bertz CT molecular complexity index is 5380. The first-order valence-corrected chi connectivity index (χ1v) is 31.1. The molecule has 6 nitrogen and oxygen atoms in total. The summed E-state index contributed by atoms with van der Waals surface area (Å²) in [6, 6.07) is 116. The average Bonchev–Trinajstić information content (AvgIpc) is 1.78. The van der Waals surface area contributed by atoms with Crippen LogP contribution in [0.2, 0.25) is 0 Å². The molecule has 1 aliphatic carbocycles. The summed E-state index contributed by atoms with van der Waals surface area (Å²) in [5.41, 5.74) is 24.0. The fourth-order valence-electron chi connectivity index (χ4n) is 14.7. The molecular weight excluding hydrogens is 1090 g/mol. The van der Waals surface area contributed by atoms with Gasteiger partial charge in [-0.3, -0.25) is 0 Å². The molecule has 0 aliphatic heterocycles. The van der Waals surface area contributed by atoms with E-state index in [0.717, 1.165) is 80.8 Å². The van der Waals surface area contributed by atoms with E-state index in [2.05, 4.69) is 356 Å². The summed E-state index contributed by atoms with van der Waals surface area (Å²) in [5.74, 6) is 0. The van der Waals surface area contributed by atoms with E-state index in [1.165, 1.54) is 87.6 Å². The number of rotatable bonds is 11. The number of para-hydroxylation sites is 7. The average molecular weight is 1150 g/mol. The van der Waals surface area contributed by atoms with Gasteiger partial charge in [-0.05, 0) is 175 Å². The zero-order valence-corrected chi connectivity index (χ0v) is 49.3. The Balaban J connectivity index is 0.754. The first kappa shape index (κ1) is 51.4.